The average Bonchev–Trinajstić information content (AvgIpc) is 2.53. The van der Waals surface area contributed by atoms with Crippen LogP contribution in [0.15, 0.2) is 12.3 Å². The molecule has 0 spiro atoms. The average molecular weight is 290 g/mol. The number of amides is 1. The van der Waals surface area contributed by atoms with Crippen LogP contribution in [0.4, 0.5) is 0 Å². The lowest BCUT2D eigenvalue weighted by Gasteiger charge is -2.30. The predicted molar refractivity (Wildman–Crippen MR) is 74.3 cm³/mol. The molecule has 1 unspecified atom stereocenters. The van der Waals surface area contributed by atoms with Crippen molar-refractivity contribution in [3.63, 3.8) is 0 Å². The number of ether oxygens (including phenoxy) is 1. The second-order valence-electron chi connectivity index (χ2n) is 5.56. The van der Waals surface area contributed by atoms with Crippen LogP contribution in [0.3, 0.4) is 0 Å². The van der Waals surface area contributed by atoms with Gasteiger partial charge in [0.25, 0.3) is 5.91 Å². The van der Waals surface area contributed by atoms with Crippen LogP contribution in [0, 0.1) is 5.92 Å². The number of fused-ring (bicyclic) bond motifs is 1. The molecule has 2 aliphatic rings. The van der Waals surface area contributed by atoms with Crippen molar-refractivity contribution in [3.8, 4) is 5.75 Å². The van der Waals surface area contributed by atoms with E-state index in [0.29, 0.717) is 25.3 Å². The summed E-state index contributed by atoms with van der Waals surface area (Å²) < 4.78 is 5.49. The van der Waals surface area contributed by atoms with E-state index in [1.807, 2.05) is 0 Å². The highest BCUT2D eigenvalue weighted by Crippen LogP contribution is 2.25. The number of pyridine rings is 1. The van der Waals surface area contributed by atoms with Crippen LogP contribution in [-0.4, -0.2) is 46.6 Å². The number of aliphatic carboxylic acids is 1. The first kappa shape index (κ1) is 13.9. The fourth-order valence-electron chi connectivity index (χ4n) is 2.90. The molecule has 6 nitrogen and oxygen atoms in total. The van der Waals surface area contributed by atoms with Crippen molar-refractivity contribution >= 4 is 11.9 Å². The van der Waals surface area contributed by atoms with Gasteiger partial charge in [-0.1, -0.05) is 0 Å². The molecule has 1 N–H and O–H groups in total. The van der Waals surface area contributed by atoms with Crippen molar-refractivity contribution in [1.29, 1.82) is 0 Å². The first-order chi connectivity index (χ1) is 10.1. The van der Waals surface area contributed by atoms with Gasteiger partial charge in [0.05, 0.1) is 18.7 Å². The molecule has 0 radical (unpaired) electrons. The maximum atomic E-state index is 12.5. The number of carboxylic acids is 1. The Morgan fingerprint density at radius 3 is 3.05 bits per heavy atom. The van der Waals surface area contributed by atoms with Crippen molar-refractivity contribution in [1.82, 2.24) is 9.88 Å². The Balaban J connectivity index is 1.77. The summed E-state index contributed by atoms with van der Waals surface area (Å²) in [4.78, 5) is 29.3. The van der Waals surface area contributed by atoms with Gasteiger partial charge < -0.3 is 14.7 Å². The highest BCUT2D eigenvalue weighted by atomic mass is 16.5. The van der Waals surface area contributed by atoms with E-state index in [0.717, 1.165) is 30.6 Å². The molecule has 1 aromatic rings. The molecule has 1 atom stereocenters. The van der Waals surface area contributed by atoms with Crippen molar-refractivity contribution in [3.05, 3.63) is 23.5 Å². The molecule has 1 aromatic heterocycles. The summed E-state index contributed by atoms with van der Waals surface area (Å²) in [5.74, 6) is -0.739. The minimum Gasteiger partial charge on any atom is -0.492 e. The number of carbonyl (C=O) groups is 2. The molecule has 3 rings (SSSR count). The molecule has 0 bridgehead atoms. The van der Waals surface area contributed by atoms with Crippen LogP contribution in [-0.2, 0) is 11.2 Å². The largest absolute Gasteiger partial charge is 0.492 e. The molecule has 6 heteroatoms. The van der Waals surface area contributed by atoms with Crippen molar-refractivity contribution < 1.29 is 19.4 Å². The number of aromatic nitrogens is 1. The summed E-state index contributed by atoms with van der Waals surface area (Å²) in [5.41, 5.74) is 1.39. The number of likely N-dealkylation sites (tertiary alicyclic amines) is 1. The lowest BCUT2D eigenvalue weighted by atomic mass is 9.98. The monoisotopic (exact) mass is 290 g/mol. The van der Waals surface area contributed by atoms with E-state index in [9.17, 15) is 9.59 Å². The smallest absolute Gasteiger partial charge is 0.308 e. The highest BCUT2D eigenvalue weighted by Gasteiger charge is 2.29. The number of carboxylic acid groups (broad SMARTS) is 1. The first-order valence-electron chi connectivity index (χ1n) is 7.29. The van der Waals surface area contributed by atoms with E-state index >= 15 is 0 Å². The van der Waals surface area contributed by atoms with Crippen LogP contribution in [0.2, 0.25) is 0 Å². The van der Waals surface area contributed by atoms with Crippen LogP contribution in [0.1, 0.15) is 35.3 Å². The molecule has 0 aromatic carbocycles. The molecular weight excluding hydrogens is 272 g/mol. The lowest BCUT2D eigenvalue weighted by Crippen LogP contribution is -2.42. The van der Waals surface area contributed by atoms with E-state index in [4.69, 9.17) is 9.84 Å². The van der Waals surface area contributed by atoms with Gasteiger partial charge in [0.15, 0.2) is 0 Å². The quantitative estimate of drug-likeness (QED) is 0.889. The molecule has 3 heterocycles. The van der Waals surface area contributed by atoms with Gasteiger partial charge in [-0.2, -0.15) is 0 Å². The second-order valence-corrected chi connectivity index (χ2v) is 5.56. The SMILES string of the molecule is O=C(O)C1CCCN(C(=O)c2cc3c(cn2)OCCC3)C1. The highest BCUT2D eigenvalue weighted by molar-refractivity contribution is 5.93. The zero-order valence-electron chi connectivity index (χ0n) is 11.7. The Kier molecular flexibility index (Phi) is 3.77. The van der Waals surface area contributed by atoms with Gasteiger partial charge in [0.2, 0.25) is 0 Å². The van der Waals surface area contributed by atoms with Gasteiger partial charge in [-0.3, -0.25) is 9.59 Å². The number of nitrogens with zero attached hydrogens (tertiary/aromatic N) is 2. The zero-order chi connectivity index (χ0) is 14.8. The molecule has 112 valence electrons. The Labute approximate surface area is 122 Å². The third-order valence-electron chi connectivity index (χ3n) is 4.07. The Morgan fingerprint density at radius 2 is 2.24 bits per heavy atom. The van der Waals surface area contributed by atoms with E-state index < -0.39 is 11.9 Å². The summed E-state index contributed by atoms with van der Waals surface area (Å²) in [6, 6.07) is 1.78. The van der Waals surface area contributed by atoms with Gasteiger partial charge >= 0.3 is 5.97 Å². The Bertz CT molecular complexity index is 573. The molecule has 1 saturated heterocycles. The standard InChI is InChI=1S/C15H18N2O4/c18-14(17-5-1-3-11(9-17)15(19)20)12-7-10-4-2-6-21-13(10)8-16-12/h7-8,11H,1-6,9H2,(H,19,20). The number of hydrogen-bond acceptors (Lipinski definition) is 4. The maximum absolute atomic E-state index is 12.5. The number of hydrogen-bond donors (Lipinski definition) is 1. The molecule has 2 aliphatic heterocycles. The maximum Gasteiger partial charge on any atom is 0.308 e. The topological polar surface area (TPSA) is 79.7 Å². The number of aryl methyl sites for hydroxylation is 1. The number of carbonyl (C=O) groups excluding carboxylic acids is 1. The molecule has 1 amide bonds. The molecular formula is C15H18N2O4. The Hall–Kier alpha value is -2.11. The van der Waals surface area contributed by atoms with E-state index in [-0.39, 0.29) is 12.5 Å². The van der Waals surface area contributed by atoms with Gasteiger partial charge in [-0.25, -0.2) is 4.98 Å². The van der Waals surface area contributed by atoms with Crippen LogP contribution in [0.5, 0.6) is 5.75 Å². The molecule has 0 aliphatic carbocycles. The number of rotatable bonds is 2. The minimum atomic E-state index is -0.834. The predicted octanol–water partition coefficient (Wildman–Crippen LogP) is 1.34. The fourth-order valence-corrected chi connectivity index (χ4v) is 2.90. The van der Waals surface area contributed by atoms with Crippen LogP contribution >= 0.6 is 0 Å². The van der Waals surface area contributed by atoms with Crippen molar-refractivity contribution in [2.24, 2.45) is 5.92 Å². The van der Waals surface area contributed by atoms with Crippen LogP contribution in [0.25, 0.3) is 0 Å². The third-order valence-corrected chi connectivity index (χ3v) is 4.07. The third kappa shape index (κ3) is 2.84. The van der Waals surface area contributed by atoms with Gasteiger partial charge in [0, 0.05) is 13.1 Å². The van der Waals surface area contributed by atoms with Gasteiger partial charge in [-0.05, 0) is 37.3 Å². The number of piperidine rings is 1. The lowest BCUT2D eigenvalue weighted by molar-refractivity contribution is -0.143. The first-order valence-corrected chi connectivity index (χ1v) is 7.29. The second kappa shape index (κ2) is 5.71. The Morgan fingerprint density at radius 1 is 1.38 bits per heavy atom. The van der Waals surface area contributed by atoms with Gasteiger partial charge in [-0.15, -0.1) is 0 Å². The van der Waals surface area contributed by atoms with Crippen LogP contribution < -0.4 is 4.74 Å². The molecule has 1 fully saturated rings. The molecule has 21 heavy (non-hydrogen) atoms. The minimum absolute atomic E-state index is 0.186. The van der Waals surface area contributed by atoms with E-state index in [1.165, 1.54) is 0 Å². The summed E-state index contributed by atoms with van der Waals surface area (Å²) in [5, 5.41) is 9.10. The van der Waals surface area contributed by atoms with Gasteiger partial charge in [0.1, 0.15) is 11.4 Å². The fraction of sp³-hybridized carbons (Fsp3) is 0.533. The zero-order valence-corrected chi connectivity index (χ0v) is 11.7. The normalized spacial score (nSPS) is 21.3. The summed E-state index contributed by atoms with van der Waals surface area (Å²) in [6.07, 6.45) is 4.77. The van der Waals surface area contributed by atoms with Crippen molar-refractivity contribution in [2.75, 3.05) is 19.7 Å². The summed E-state index contributed by atoms with van der Waals surface area (Å²) >= 11 is 0. The summed E-state index contributed by atoms with van der Waals surface area (Å²) in [7, 11) is 0. The van der Waals surface area contributed by atoms with E-state index in [1.54, 1.807) is 17.2 Å². The van der Waals surface area contributed by atoms with Crippen molar-refractivity contribution in [2.45, 2.75) is 25.7 Å². The molecule has 0 saturated carbocycles. The van der Waals surface area contributed by atoms with E-state index in [2.05, 4.69) is 4.98 Å². The summed E-state index contributed by atoms with van der Waals surface area (Å²) in [6.45, 7) is 1.55.